The third kappa shape index (κ3) is 2.30. The number of nitrogens with one attached hydrogen (secondary N) is 2. The molecule has 3 atom stereocenters. The van der Waals surface area contributed by atoms with Crippen molar-refractivity contribution in [2.24, 2.45) is 17.8 Å². The van der Waals surface area contributed by atoms with Gasteiger partial charge in [0, 0.05) is 37.7 Å². The fourth-order valence-corrected chi connectivity index (χ4v) is 4.35. The van der Waals surface area contributed by atoms with Gasteiger partial charge in [-0.2, -0.15) is 5.10 Å². The fraction of sp³-hybridized carbons (Fsp3) is 0.688. The van der Waals surface area contributed by atoms with Crippen LogP contribution in [0.4, 0.5) is 5.82 Å². The van der Waals surface area contributed by atoms with E-state index in [4.69, 9.17) is 0 Å². The lowest BCUT2D eigenvalue weighted by Crippen LogP contribution is -2.53. The van der Waals surface area contributed by atoms with Gasteiger partial charge >= 0.3 is 0 Å². The van der Waals surface area contributed by atoms with Crippen molar-refractivity contribution in [1.82, 2.24) is 15.1 Å². The summed E-state index contributed by atoms with van der Waals surface area (Å²) < 4.78 is 0. The van der Waals surface area contributed by atoms with Crippen LogP contribution in [-0.4, -0.2) is 40.0 Å². The van der Waals surface area contributed by atoms with Crippen molar-refractivity contribution in [3.63, 3.8) is 0 Å². The molecule has 1 aromatic rings. The number of aromatic amines is 1. The van der Waals surface area contributed by atoms with E-state index < -0.39 is 0 Å². The summed E-state index contributed by atoms with van der Waals surface area (Å²) in [5.41, 5.74) is 1.17. The third-order valence-electron chi connectivity index (χ3n) is 5.68. The second kappa shape index (κ2) is 5.11. The van der Waals surface area contributed by atoms with E-state index in [2.05, 4.69) is 15.5 Å². The normalized spacial score (nSPS) is 30.4. The Morgan fingerprint density at radius 1 is 1.32 bits per heavy atom. The van der Waals surface area contributed by atoms with Gasteiger partial charge in [0.1, 0.15) is 0 Å². The van der Waals surface area contributed by atoms with Crippen LogP contribution in [0.3, 0.4) is 0 Å². The molecule has 0 aromatic carbocycles. The van der Waals surface area contributed by atoms with Gasteiger partial charge in [0.05, 0.1) is 5.92 Å². The van der Waals surface area contributed by atoms with Crippen LogP contribution in [0.25, 0.3) is 0 Å². The maximum absolute atomic E-state index is 12.1. The molecule has 3 aliphatic rings. The van der Waals surface area contributed by atoms with E-state index in [1.54, 1.807) is 4.90 Å². The minimum absolute atomic E-state index is 0.0300. The summed E-state index contributed by atoms with van der Waals surface area (Å²) in [4.78, 5) is 24.9. The SMILES string of the molecule is CC(=O)N1CC(C(=O)Nc2cc(C3CC4CCC3C4)[nH]n2)C1. The van der Waals surface area contributed by atoms with Gasteiger partial charge in [-0.1, -0.05) is 6.42 Å². The number of aromatic nitrogens is 2. The molecule has 1 aromatic heterocycles. The third-order valence-corrected chi connectivity index (χ3v) is 5.68. The number of nitrogens with zero attached hydrogens (tertiary/aromatic N) is 2. The van der Waals surface area contributed by atoms with Crippen molar-refractivity contribution >= 4 is 17.6 Å². The van der Waals surface area contributed by atoms with Gasteiger partial charge < -0.3 is 10.2 Å². The smallest absolute Gasteiger partial charge is 0.232 e. The summed E-state index contributed by atoms with van der Waals surface area (Å²) in [6.07, 6.45) is 5.33. The highest BCUT2D eigenvalue weighted by atomic mass is 16.2. The van der Waals surface area contributed by atoms with E-state index in [9.17, 15) is 9.59 Å². The van der Waals surface area contributed by atoms with Crippen LogP contribution in [0.15, 0.2) is 6.07 Å². The molecular formula is C16H22N4O2. The van der Waals surface area contributed by atoms with E-state index >= 15 is 0 Å². The summed E-state index contributed by atoms with van der Waals surface area (Å²) in [5.74, 6) is 2.78. The fourth-order valence-electron chi connectivity index (χ4n) is 4.35. The zero-order chi connectivity index (χ0) is 15.3. The lowest BCUT2D eigenvalue weighted by atomic mass is 9.86. The molecule has 22 heavy (non-hydrogen) atoms. The topological polar surface area (TPSA) is 78.1 Å². The summed E-state index contributed by atoms with van der Waals surface area (Å²) in [5, 5.41) is 10.2. The molecule has 2 aliphatic carbocycles. The monoisotopic (exact) mass is 302 g/mol. The molecule has 0 radical (unpaired) electrons. The predicted octanol–water partition coefficient (Wildman–Crippen LogP) is 1.73. The Bertz CT molecular complexity index is 605. The maximum Gasteiger partial charge on any atom is 0.232 e. The van der Waals surface area contributed by atoms with E-state index in [-0.39, 0.29) is 17.7 Å². The molecule has 3 fully saturated rings. The largest absolute Gasteiger partial charge is 0.341 e. The summed E-state index contributed by atoms with van der Waals surface area (Å²) in [7, 11) is 0. The van der Waals surface area contributed by atoms with Crippen LogP contribution in [0.2, 0.25) is 0 Å². The van der Waals surface area contributed by atoms with Crippen LogP contribution >= 0.6 is 0 Å². The van der Waals surface area contributed by atoms with Gasteiger partial charge in [-0.05, 0) is 31.1 Å². The minimum atomic E-state index is -0.105. The summed E-state index contributed by atoms with van der Waals surface area (Å²) >= 11 is 0. The van der Waals surface area contributed by atoms with Gasteiger partial charge in [-0.15, -0.1) is 0 Å². The number of amides is 2. The summed E-state index contributed by atoms with van der Waals surface area (Å²) in [6.45, 7) is 2.57. The number of likely N-dealkylation sites (tertiary alicyclic amines) is 1. The lowest BCUT2D eigenvalue weighted by molar-refractivity contribution is -0.139. The Labute approximate surface area is 129 Å². The van der Waals surface area contributed by atoms with Crippen molar-refractivity contribution in [3.8, 4) is 0 Å². The molecule has 2 N–H and O–H groups in total. The minimum Gasteiger partial charge on any atom is -0.341 e. The van der Waals surface area contributed by atoms with E-state index in [1.807, 2.05) is 6.07 Å². The van der Waals surface area contributed by atoms with Crippen molar-refractivity contribution in [2.45, 2.75) is 38.5 Å². The first-order chi connectivity index (χ1) is 10.6. The first-order valence-corrected chi connectivity index (χ1v) is 8.22. The number of carbonyl (C=O) groups is 2. The first kappa shape index (κ1) is 13.8. The van der Waals surface area contributed by atoms with Crippen LogP contribution in [0.5, 0.6) is 0 Å². The molecule has 6 heteroatoms. The number of carbonyl (C=O) groups excluding carboxylic acids is 2. The number of fused-ring (bicyclic) bond motifs is 2. The zero-order valence-corrected chi connectivity index (χ0v) is 12.8. The predicted molar refractivity (Wildman–Crippen MR) is 81.2 cm³/mol. The van der Waals surface area contributed by atoms with Crippen molar-refractivity contribution < 1.29 is 9.59 Å². The first-order valence-electron chi connectivity index (χ1n) is 8.22. The molecule has 2 heterocycles. The standard InChI is InChI=1S/C16H22N4O2/c1-9(21)20-7-12(8-20)16(22)17-15-6-14(18-19-15)13-5-10-2-3-11(13)4-10/h6,10-13H,2-5,7-8H2,1H3,(H2,17,18,19,22). The van der Waals surface area contributed by atoms with E-state index in [0.717, 1.165) is 11.8 Å². The molecule has 4 rings (SSSR count). The Morgan fingerprint density at radius 3 is 2.77 bits per heavy atom. The average Bonchev–Trinajstić information content (AvgIpc) is 3.11. The molecule has 1 saturated heterocycles. The van der Waals surface area contributed by atoms with Gasteiger partial charge in [0.25, 0.3) is 0 Å². The average molecular weight is 302 g/mol. The number of H-pyrrole nitrogens is 1. The molecule has 118 valence electrons. The van der Waals surface area contributed by atoms with Gasteiger partial charge in [-0.25, -0.2) is 0 Å². The van der Waals surface area contributed by atoms with Crippen LogP contribution in [0, 0.1) is 17.8 Å². The van der Waals surface area contributed by atoms with Crippen molar-refractivity contribution in [2.75, 3.05) is 18.4 Å². The van der Waals surface area contributed by atoms with Crippen LogP contribution in [0.1, 0.15) is 44.2 Å². The molecule has 6 nitrogen and oxygen atoms in total. The molecular weight excluding hydrogens is 280 g/mol. The second-order valence-corrected chi connectivity index (χ2v) is 7.10. The molecule has 2 saturated carbocycles. The van der Waals surface area contributed by atoms with Gasteiger partial charge in [-0.3, -0.25) is 14.7 Å². The van der Waals surface area contributed by atoms with Crippen molar-refractivity contribution in [1.29, 1.82) is 0 Å². The number of hydrogen-bond acceptors (Lipinski definition) is 3. The number of hydrogen-bond donors (Lipinski definition) is 2. The maximum atomic E-state index is 12.1. The Hall–Kier alpha value is -1.85. The van der Waals surface area contributed by atoms with Crippen LogP contribution < -0.4 is 5.32 Å². The molecule has 1 aliphatic heterocycles. The number of rotatable bonds is 3. The van der Waals surface area contributed by atoms with Crippen molar-refractivity contribution in [3.05, 3.63) is 11.8 Å². The molecule has 3 unspecified atom stereocenters. The highest BCUT2D eigenvalue weighted by molar-refractivity contribution is 5.93. The van der Waals surface area contributed by atoms with Gasteiger partial charge in [0.2, 0.25) is 11.8 Å². The molecule has 2 amide bonds. The Kier molecular flexibility index (Phi) is 3.20. The summed E-state index contributed by atoms with van der Waals surface area (Å²) in [6, 6.07) is 1.99. The zero-order valence-electron chi connectivity index (χ0n) is 12.8. The quantitative estimate of drug-likeness (QED) is 0.892. The van der Waals surface area contributed by atoms with E-state index in [1.165, 1.54) is 38.3 Å². The highest BCUT2D eigenvalue weighted by Crippen LogP contribution is 2.52. The van der Waals surface area contributed by atoms with Gasteiger partial charge in [0.15, 0.2) is 5.82 Å². The Morgan fingerprint density at radius 2 is 2.14 bits per heavy atom. The van der Waals surface area contributed by atoms with Crippen LogP contribution in [-0.2, 0) is 9.59 Å². The number of anilines is 1. The highest BCUT2D eigenvalue weighted by Gasteiger charge is 2.41. The Balaban J connectivity index is 1.34. The molecule has 0 spiro atoms. The van der Waals surface area contributed by atoms with E-state index in [0.29, 0.717) is 24.8 Å². The molecule has 2 bridgehead atoms. The lowest BCUT2D eigenvalue weighted by Gasteiger charge is -2.37. The second-order valence-electron chi connectivity index (χ2n) is 7.10.